The number of halogens is 8. The van der Waals surface area contributed by atoms with Gasteiger partial charge in [-0.1, -0.05) is 121 Å². The summed E-state index contributed by atoms with van der Waals surface area (Å²) in [5, 5.41) is 14.7. The molecule has 0 aliphatic carbocycles. The smallest absolute Gasteiger partial charge is 0 e. The van der Waals surface area contributed by atoms with Crippen molar-refractivity contribution in [1.29, 1.82) is 0 Å². The quantitative estimate of drug-likeness (QED) is 0.0126. The van der Waals surface area contributed by atoms with E-state index in [-0.39, 0.29) is 105 Å². The number of aliphatic hydroxyl groups excluding tert-OH is 1. The van der Waals surface area contributed by atoms with Crippen LogP contribution in [0, 0.1) is 0 Å². The van der Waals surface area contributed by atoms with E-state index in [4.69, 9.17) is 57.6 Å². The molecule has 556 valence electrons. The van der Waals surface area contributed by atoms with E-state index in [1.807, 2.05) is 6.08 Å². The summed E-state index contributed by atoms with van der Waals surface area (Å²) >= 11 is 36.2. The molecular formula is C55H116I8O17S7V4. The third-order valence-electron chi connectivity index (χ3n) is 5.91. The van der Waals surface area contributed by atoms with E-state index in [0.717, 1.165) is 92.7 Å². The van der Waals surface area contributed by atoms with E-state index in [0.29, 0.717) is 82.7 Å². The van der Waals surface area contributed by atoms with E-state index in [1.54, 1.807) is 52.0 Å². The molecule has 0 aliphatic rings. The molecular weight excluding hydrogens is 2380 g/mol. The van der Waals surface area contributed by atoms with Crippen molar-refractivity contribution in [3.63, 3.8) is 0 Å². The van der Waals surface area contributed by atoms with E-state index in [9.17, 15) is 24.0 Å². The molecule has 1 radical (unpaired) electrons. The van der Waals surface area contributed by atoms with Gasteiger partial charge >= 0.3 is 179 Å². The minimum atomic E-state index is -0.750. The molecule has 0 heterocycles. The van der Waals surface area contributed by atoms with Crippen molar-refractivity contribution in [3.05, 3.63) is 63.3 Å². The second-order valence-corrected chi connectivity index (χ2v) is 103. The second-order valence-electron chi connectivity index (χ2n) is 13.4. The number of ether oxygens (including phenoxy) is 10. The van der Waals surface area contributed by atoms with Gasteiger partial charge in [-0.3, -0.25) is 24.0 Å². The number of hydrogen-bond acceptors (Lipinski definition) is 23. The zero-order valence-electron chi connectivity index (χ0n) is 50.2. The molecule has 0 atom stereocenters. The summed E-state index contributed by atoms with van der Waals surface area (Å²) in [7, 11) is 0.628. The van der Waals surface area contributed by atoms with Crippen molar-refractivity contribution in [1.82, 2.24) is 0 Å². The van der Waals surface area contributed by atoms with Gasteiger partial charge in [-0.05, 0) is 56.5 Å². The predicted octanol–water partition coefficient (Wildman–Crippen LogP) is 20.2. The van der Waals surface area contributed by atoms with Crippen molar-refractivity contribution >= 4 is 270 Å². The van der Waals surface area contributed by atoms with Crippen molar-refractivity contribution in [3.8, 4) is 0 Å². The van der Waals surface area contributed by atoms with Crippen LogP contribution in [0.15, 0.2) is 63.3 Å². The maximum atomic E-state index is 10.6. The summed E-state index contributed by atoms with van der Waals surface area (Å²) in [6, 6.07) is 0. The van der Waals surface area contributed by atoms with Gasteiger partial charge < -0.3 is 57.6 Å². The first-order chi connectivity index (χ1) is 40.4. The maximum Gasteiger partial charge on any atom is 0 e. The van der Waals surface area contributed by atoms with Gasteiger partial charge in [0.05, 0.1) is 66.1 Å². The van der Waals surface area contributed by atoms with Gasteiger partial charge in [0.2, 0.25) is 0 Å². The van der Waals surface area contributed by atoms with Gasteiger partial charge in [0.1, 0.15) is 40.8 Å². The Balaban J connectivity index is -0.0000000462. The van der Waals surface area contributed by atoms with E-state index >= 15 is 0 Å². The van der Waals surface area contributed by atoms with Gasteiger partial charge in [0.15, 0.2) is 25.6 Å². The molecule has 0 unspecified atom stereocenters. The first-order valence-corrected chi connectivity index (χ1v) is 66.6. The van der Waals surface area contributed by atoms with Crippen LogP contribution < -0.4 is 0 Å². The summed E-state index contributed by atoms with van der Waals surface area (Å²) in [4.78, 5) is 51.1. The molecule has 0 spiro atoms. The fourth-order valence-electron chi connectivity index (χ4n) is 3.01. The Hall–Kier alpha value is 7.20. The molecule has 0 aromatic carbocycles. The van der Waals surface area contributed by atoms with Crippen LogP contribution in [0.25, 0.3) is 0 Å². The number of rotatable bonds is 41. The molecule has 0 saturated carbocycles. The first-order valence-electron chi connectivity index (χ1n) is 24.9. The van der Waals surface area contributed by atoms with Crippen LogP contribution in [0.4, 0.5) is 0 Å². The number of carbonyl (C=O) groups excluding carboxylic acids is 5. The topological polar surface area (TPSA) is 218 Å². The Morgan fingerprint density at radius 2 is 0.571 bits per heavy atom. The second kappa shape index (κ2) is 151. The molecule has 2 N–H and O–H groups in total. The summed E-state index contributed by atoms with van der Waals surface area (Å²) in [6.07, 6.45) is 15.1. The Labute approximate surface area is 705 Å². The van der Waals surface area contributed by atoms with Crippen LogP contribution in [0.1, 0.15) is 124 Å². The largest absolute Gasteiger partial charge is 0 e. The van der Waals surface area contributed by atoms with Crippen LogP contribution >= 0.6 is 245 Å². The summed E-state index contributed by atoms with van der Waals surface area (Å²) < 4.78 is 50.7. The Morgan fingerprint density at radius 1 is 0.429 bits per heavy atom. The summed E-state index contributed by atoms with van der Waals surface area (Å²) in [5.41, 5.74) is 0. The average molecular weight is 2490 g/mol. The zero-order valence-corrected chi connectivity index (χ0v) is 79.0. The van der Waals surface area contributed by atoms with Crippen molar-refractivity contribution in [2.45, 2.75) is 124 Å². The van der Waals surface area contributed by atoms with Crippen LogP contribution in [0.3, 0.4) is 0 Å². The molecule has 0 aromatic rings. The van der Waals surface area contributed by atoms with Gasteiger partial charge in [-0.2, -0.15) is 25.3 Å². The van der Waals surface area contributed by atoms with Crippen molar-refractivity contribution in [2.75, 3.05) is 141 Å². The van der Waals surface area contributed by atoms with Gasteiger partial charge in [0, 0.05) is 76.2 Å². The number of thioether (sulfide) groups is 4. The maximum absolute atomic E-state index is 10.6. The molecule has 0 saturated heterocycles. The zero-order chi connectivity index (χ0) is 67.7. The number of allylic oxidation sites excluding steroid dienone is 1. The molecule has 0 aliphatic heterocycles. The fraction of sp³-hybridized carbons (Fsp3) is 0.727. The monoisotopic (exact) mass is 2490 g/mol. The normalized spacial score (nSPS) is 8.63. The van der Waals surface area contributed by atoms with Crippen LogP contribution in [0.5, 0.6) is 0 Å². The standard InChI is InChI=1S/2C11H20O4S2.C7H16O2S2.2C7H12O2.C4H8.C2H4OS.CH4O2.5CH4.8HI.4V/c2*1-10(12)16-7-3-5-14-9-15-6-4-8-17-11(2)13;10-5-1-3-8-7-9-4-2-6-11;2*1-3-5-8-7-9-6-4-2;1-3-4-2;1-2(3)4;2-1-3;;;;;;;;;;;;;;;;;/h2*3-9H2,1-2H3;10-11H,1-7H2;2*3-4H,1-2,5-7H2;3H,1,4H2,2H3;1H3,(H,3,4);2-3H,1H2;5*1H4;8*1H;;;;/q;;;;;;;;;;;;;;;;;;;;;;+2;2*+3/p-8. The molecule has 0 bridgehead atoms. The van der Waals surface area contributed by atoms with Crippen LogP contribution in [-0.4, -0.2) is 177 Å². The number of aliphatic hydroxyl groups is 2. The SMILES string of the molecule is C.C.C.C.C.C=CCC.C=CCOCOCC=C.C=CCOCOCC=C.CC(=O)S.CC(=O)SCCCOCOCCCSC(C)=O.CC(=O)SCCCOCOCCCSC(C)=O.OCO.SCCCOCOCCCS.[I][V]([I])[I].[I][V]([I])[I].[I][V][I].[V]. The third kappa shape index (κ3) is 279. The molecule has 0 aromatic heterocycles. The minimum absolute atomic E-state index is 0. The predicted molar refractivity (Wildman–Crippen MR) is 468 cm³/mol. The van der Waals surface area contributed by atoms with Gasteiger partial charge in [-0.15, -0.1) is 45.5 Å². The fourth-order valence-corrected chi connectivity index (χ4v) is 5.47. The molecule has 17 nitrogen and oxygen atoms in total. The van der Waals surface area contributed by atoms with E-state index < -0.39 is 6.79 Å². The Morgan fingerprint density at radius 3 is 0.692 bits per heavy atom. The number of carbonyl (C=O) groups is 5. The van der Waals surface area contributed by atoms with Crippen LogP contribution in [0.2, 0.25) is 0 Å². The third-order valence-corrected chi connectivity index (χ3v) is 10.1. The molecule has 0 amide bonds. The molecule has 0 rings (SSSR count). The average Bonchev–Trinajstić information content (AvgIpc) is 3.42. The number of hydrogen-bond donors (Lipinski definition) is 5. The van der Waals surface area contributed by atoms with Crippen molar-refractivity contribution < 1.29 is 119 Å². The Bertz CT molecular complexity index is 1210. The molecule has 36 heteroatoms. The molecule has 91 heavy (non-hydrogen) atoms. The number of thiol groups is 3. The van der Waals surface area contributed by atoms with Gasteiger partial charge in [0.25, 0.3) is 0 Å². The minimum Gasteiger partial charge on any atom is 0 e. The van der Waals surface area contributed by atoms with Crippen LogP contribution in [-0.2, 0) is 109 Å². The van der Waals surface area contributed by atoms with E-state index in [1.165, 1.54) is 54.0 Å². The summed E-state index contributed by atoms with van der Waals surface area (Å²) in [5.74, 6) is 4.93. The molecule has 0 fully saturated rings. The first kappa shape index (κ1) is 141. The van der Waals surface area contributed by atoms with Crippen molar-refractivity contribution in [2.24, 2.45) is 0 Å². The van der Waals surface area contributed by atoms with E-state index in [2.05, 4.69) is 238 Å². The van der Waals surface area contributed by atoms with Gasteiger partial charge in [-0.25, -0.2) is 0 Å². The Kier molecular flexibility index (Phi) is 233. The summed E-state index contributed by atoms with van der Waals surface area (Å²) in [6.45, 7) is 34.1.